The molecule has 6 heteroatoms. The number of aromatic nitrogens is 3. The summed E-state index contributed by atoms with van der Waals surface area (Å²) >= 11 is 1.78. The molecule has 1 N–H and O–H groups in total. The van der Waals surface area contributed by atoms with Gasteiger partial charge in [0.25, 0.3) is 0 Å². The number of aromatic amines is 1. The van der Waals surface area contributed by atoms with Crippen LogP contribution in [0.4, 0.5) is 11.8 Å². The molecule has 1 fully saturated rings. The molecule has 1 saturated heterocycles. The van der Waals surface area contributed by atoms with Gasteiger partial charge in [-0.05, 0) is 37.3 Å². The van der Waals surface area contributed by atoms with Crippen molar-refractivity contribution in [3.05, 3.63) is 34.2 Å². The monoisotopic (exact) mass is 327 g/mol. The molecule has 3 aromatic rings. The highest BCUT2D eigenvalue weighted by molar-refractivity contribution is 7.09. The van der Waals surface area contributed by atoms with Crippen LogP contribution < -0.4 is 9.80 Å². The highest BCUT2D eigenvalue weighted by Gasteiger charge is 2.20. The Hall–Kier alpha value is -2.08. The molecule has 4 heterocycles. The van der Waals surface area contributed by atoms with Gasteiger partial charge < -0.3 is 14.8 Å². The molecule has 4 rings (SSSR count). The Balaban J connectivity index is 1.76. The molecule has 0 saturated carbocycles. The van der Waals surface area contributed by atoms with E-state index in [0.29, 0.717) is 0 Å². The average molecular weight is 327 g/mol. The average Bonchev–Trinajstić information content (AvgIpc) is 3.26. The normalized spacial score (nSPS) is 14.8. The molecule has 1 aliphatic heterocycles. The topological polar surface area (TPSA) is 48.1 Å². The van der Waals surface area contributed by atoms with Crippen LogP contribution in [-0.4, -0.2) is 35.1 Å². The molecule has 3 aromatic heterocycles. The van der Waals surface area contributed by atoms with Crippen molar-refractivity contribution in [2.45, 2.75) is 26.3 Å². The second-order valence-electron chi connectivity index (χ2n) is 6.19. The third kappa shape index (κ3) is 2.79. The van der Waals surface area contributed by atoms with Gasteiger partial charge in [-0.3, -0.25) is 0 Å². The molecule has 1 aliphatic rings. The molecule has 0 spiro atoms. The van der Waals surface area contributed by atoms with E-state index in [1.807, 2.05) is 0 Å². The van der Waals surface area contributed by atoms with Gasteiger partial charge in [-0.15, -0.1) is 11.3 Å². The van der Waals surface area contributed by atoms with Gasteiger partial charge in [-0.1, -0.05) is 6.07 Å². The highest BCUT2D eigenvalue weighted by atomic mass is 32.1. The summed E-state index contributed by atoms with van der Waals surface area (Å²) in [4.78, 5) is 18.9. The summed E-state index contributed by atoms with van der Waals surface area (Å²) in [6.45, 7) is 5.05. The maximum absolute atomic E-state index is 4.90. The SMILES string of the molecule is Cc1cc2c(N(C)Cc3cccs3)nc(N3CCCC3)nc2[nH]1. The first-order valence-electron chi connectivity index (χ1n) is 8.06. The van der Waals surface area contributed by atoms with Crippen LogP contribution in [-0.2, 0) is 6.54 Å². The zero-order valence-electron chi connectivity index (χ0n) is 13.5. The van der Waals surface area contributed by atoms with Crippen LogP contribution >= 0.6 is 11.3 Å². The summed E-state index contributed by atoms with van der Waals surface area (Å²) in [7, 11) is 2.11. The maximum atomic E-state index is 4.90. The van der Waals surface area contributed by atoms with Crippen molar-refractivity contribution < 1.29 is 0 Å². The Kier molecular flexibility index (Phi) is 3.69. The molecule has 0 amide bonds. The Morgan fingerprint density at radius 1 is 1.30 bits per heavy atom. The number of hydrogen-bond acceptors (Lipinski definition) is 5. The number of H-pyrrole nitrogens is 1. The maximum Gasteiger partial charge on any atom is 0.229 e. The minimum absolute atomic E-state index is 0.852. The van der Waals surface area contributed by atoms with E-state index in [2.05, 4.69) is 52.3 Å². The first kappa shape index (κ1) is 14.5. The van der Waals surface area contributed by atoms with Gasteiger partial charge in [-0.25, -0.2) is 0 Å². The molecule has 0 aromatic carbocycles. The lowest BCUT2D eigenvalue weighted by Gasteiger charge is -2.21. The fourth-order valence-electron chi connectivity index (χ4n) is 3.17. The zero-order valence-corrected chi connectivity index (χ0v) is 14.4. The van der Waals surface area contributed by atoms with Crippen LogP contribution in [0.5, 0.6) is 0 Å². The Morgan fingerprint density at radius 3 is 2.87 bits per heavy atom. The lowest BCUT2D eigenvalue weighted by Crippen LogP contribution is -2.23. The van der Waals surface area contributed by atoms with Gasteiger partial charge in [-0.2, -0.15) is 9.97 Å². The van der Waals surface area contributed by atoms with Gasteiger partial charge in [0.1, 0.15) is 11.5 Å². The van der Waals surface area contributed by atoms with E-state index in [1.165, 1.54) is 17.7 Å². The van der Waals surface area contributed by atoms with Crippen molar-refractivity contribution in [2.24, 2.45) is 0 Å². The van der Waals surface area contributed by atoms with Crippen molar-refractivity contribution in [2.75, 3.05) is 29.9 Å². The van der Waals surface area contributed by atoms with Crippen LogP contribution in [0.25, 0.3) is 11.0 Å². The van der Waals surface area contributed by atoms with Crippen molar-refractivity contribution >= 4 is 34.1 Å². The molecule has 23 heavy (non-hydrogen) atoms. The predicted octanol–water partition coefficient (Wildman–Crippen LogP) is 3.56. The van der Waals surface area contributed by atoms with Crippen LogP contribution in [0.15, 0.2) is 23.6 Å². The number of anilines is 2. The van der Waals surface area contributed by atoms with Gasteiger partial charge in [0.05, 0.1) is 11.9 Å². The first-order chi connectivity index (χ1) is 11.2. The van der Waals surface area contributed by atoms with Crippen molar-refractivity contribution in [1.82, 2.24) is 15.0 Å². The summed E-state index contributed by atoms with van der Waals surface area (Å²) in [5, 5.41) is 3.22. The molecule has 0 unspecified atom stereocenters. The fraction of sp³-hybridized carbons (Fsp3) is 0.412. The lowest BCUT2D eigenvalue weighted by atomic mass is 10.3. The number of rotatable bonds is 4. The first-order valence-corrected chi connectivity index (χ1v) is 8.94. The predicted molar refractivity (Wildman–Crippen MR) is 96.5 cm³/mol. The highest BCUT2D eigenvalue weighted by Crippen LogP contribution is 2.29. The fourth-order valence-corrected chi connectivity index (χ4v) is 3.93. The number of aryl methyl sites for hydroxylation is 1. The van der Waals surface area contributed by atoms with Crippen LogP contribution in [0.2, 0.25) is 0 Å². The van der Waals surface area contributed by atoms with Gasteiger partial charge in [0, 0.05) is 30.7 Å². The summed E-state index contributed by atoms with van der Waals surface area (Å²) in [6.07, 6.45) is 2.46. The molecular weight excluding hydrogens is 306 g/mol. The molecule has 0 atom stereocenters. The number of nitrogens with zero attached hydrogens (tertiary/aromatic N) is 4. The van der Waals surface area contributed by atoms with E-state index >= 15 is 0 Å². The van der Waals surface area contributed by atoms with E-state index in [4.69, 9.17) is 9.97 Å². The Bertz CT molecular complexity index is 802. The third-order valence-corrected chi connectivity index (χ3v) is 5.17. The number of thiophene rings is 1. The summed E-state index contributed by atoms with van der Waals surface area (Å²) < 4.78 is 0. The third-order valence-electron chi connectivity index (χ3n) is 4.31. The van der Waals surface area contributed by atoms with Crippen molar-refractivity contribution in [1.29, 1.82) is 0 Å². The second kappa shape index (κ2) is 5.85. The van der Waals surface area contributed by atoms with Crippen LogP contribution in [0, 0.1) is 6.92 Å². The quantitative estimate of drug-likeness (QED) is 0.796. The standard InChI is InChI=1S/C17H21N5S/c1-12-10-14-15(18-12)19-17(22-7-3-4-8-22)20-16(14)21(2)11-13-6-5-9-23-13/h5-6,9-10H,3-4,7-8,11H2,1-2H3,(H,18,19,20). The minimum Gasteiger partial charge on any atom is -0.354 e. The van der Waals surface area contributed by atoms with E-state index < -0.39 is 0 Å². The van der Waals surface area contributed by atoms with Crippen molar-refractivity contribution in [3.63, 3.8) is 0 Å². The van der Waals surface area contributed by atoms with Gasteiger partial charge in [0.15, 0.2) is 0 Å². The molecule has 0 aliphatic carbocycles. The number of fused-ring (bicyclic) bond motifs is 1. The molecular formula is C17H21N5S. The van der Waals surface area contributed by atoms with Crippen LogP contribution in [0.3, 0.4) is 0 Å². The van der Waals surface area contributed by atoms with E-state index in [0.717, 1.165) is 48.1 Å². The van der Waals surface area contributed by atoms with E-state index in [-0.39, 0.29) is 0 Å². The van der Waals surface area contributed by atoms with Crippen LogP contribution in [0.1, 0.15) is 23.4 Å². The van der Waals surface area contributed by atoms with E-state index in [9.17, 15) is 0 Å². The lowest BCUT2D eigenvalue weighted by molar-refractivity contribution is 0.873. The molecule has 0 bridgehead atoms. The molecule has 5 nitrogen and oxygen atoms in total. The van der Waals surface area contributed by atoms with Gasteiger partial charge >= 0.3 is 0 Å². The van der Waals surface area contributed by atoms with Crippen molar-refractivity contribution in [3.8, 4) is 0 Å². The smallest absolute Gasteiger partial charge is 0.229 e. The Labute approximate surface area is 140 Å². The second-order valence-corrected chi connectivity index (χ2v) is 7.22. The molecule has 0 radical (unpaired) electrons. The van der Waals surface area contributed by atoms with E-state index in [1.54, 1.807) is 11.3 Å². The zero-order chi connectivity index (χ0) is 15.8. The summed E-state index contributed by atoms with van der Waals surface area (Å²) in [6, 6.07) is 6.41. The minimum atomic E-state index is 0.852. The summed E-state index contributed by atoms with van der Waals surface area (Å²) in [5.41, 5.74) is 2.06. The number of nitrogens with one attached hydrogen (secondary N) is 1. The number of hydrogen-bond donors (Lipinski definition) is 1. The van der Waals surface area contributed by atoms with Gasteiger partial charge in [0.2, 0.25) is 5.95 Å². The summed E-state index contributed by atoms with van der Waals surface area (Å²) in [5.74, 6) is 1.86. The molecule has 120 valence electrons. The Morgan fingerprint density at radius 2 is 2.13 bits per heavy atom. The largest absolute Gasteiger partial charge is 0.354 e.